The van der Waals surface area contributed by atoms with Crippen LogP contribution < -0.4 is 10.6 Å². The molecule has 7 heteroatoms. The molecule has 7 nitrogen and oxygen atoms in total. The highest BCUT2D eigenvalue weighted by molar-refractivity contribution is 6.00. The third-order valence-corrected chi connectivity index (χ3v) is 4.27. The van der Waals surface area contributed by atoms with Crippen molar-refractivity contribution >= 4 is 17.5 Å². The highest BCUT2D eigenvalue weighted by Gasteiger charge is 2.12. The number of amides is 2. The minimum atomic E-state index is -0.333. The van der Waals surface area contributed by atoms with Crippen molar-refractivity contribution in [1.29, 1.82) is 0 Å². The molecule has 0 bridgehead atoms. The second-order valence-electron chi connectivity index (χ2n) is 6.73. The average molecular weight is 378 g/mol. The molecule has 0 saturated heterocycles. The van der Waals surface area contributed by atoms with Gasteiger partial charge in [-0.25, -0.2) is 0 Å². The summed E-state index contributed by atoms with van der Waals surface area (Å²) in [5.41, 5.74) is 5.06. The lowest BCUT2D eigenvalue weighted by Gasteiger charge is -2.13. The summed E-state index contributed by atoms with van der Waals surface area (Å²) in [6, 6.07) is 10.8. The summed E-state index contributed by atoms with van der Waals surface area (Å²) in [6.07, 6.45) is 0. The summed E-state index contributed by atoms with van der Waals surface area (Å²) in [6.45, 7) is 7.52. The van der Waals surface area contributed by atoms with Gasteiger partial charge in [0.15, 0.2) is 5.82 Å². The quantitative estimate of drug-likeness (QED) is 0.710. The number of rotatable bonds is 5. The zero-order valence-electron chi connectivity index (χ0n) is 16.3. The fourth-order valence-electron chi connectivity index (χ4n) is 3.00. The fraction of sp³-hybridized carbons (Fsp3) is 0.238. The van der Waals surface area contributed by atoms with Crippen LogP contribution >= 0.6 is 0 Å². The first-order chi connectivity index (χ1) is 13.3. The van der Waals surface area contributed by atoms with Gasteiger partial charge in [-0.15, -0.1) is 0 Å². The van der Waals surface area contributed by atoms with Gasteiger partial charge in [0.1, 0.15) is 0 Å². The van der Waals surface area contributed by atoms with Gasteiger partial charge in [-0.1, -0.05) is 22.9 Å². The van der Waals surface area contributed by atoms with E-state index in [4.69, 9.17) is 4.52 Å². The normalized spacial score (nSPS) is 10.6. The minimum Gasteiger partial charge on any atom is -0.343 e. The fourth-order valence-corrected chi connectivity index (χ4v) is 3.00. The molecule has 0 atom stereocenters. The van der Waals surface area contributed by atoms with Gasteiger partial charge in [0.05, 0.1) is 6.54 Å². The maximum Gasteiger partial charge on any atom is 0.257 e. The number of hydrogen-bond donors (Lipinski definition) is 2. The number of aryl methyl sites for hydroxylation is 4. The number of anilines is 1. The van der Waals surface area contributed by atoms with E-state index >= 15 is 0 Å². The SMILES string of the molecule is Cc1cc(C)c(NC(=O)CNC(=O)c2ccc(-c3nc(C)no3)cc2)c(C)c1. The second kappa shape index (κ2) is 8.04. The maximum atomic E-state index is 12.3. The van der Waals surface area contributed by atoms with Crippen molar-refractivity contribution in [3.05, 3.63) is 64.5 Å². The zero-order chi connectivity index (χ0) is 20.3. The monoisotopic (exact) mass is 378 g/mol. The van der Waals surface area contributed by atoms with Crippen LogP contribution in [-0.2, 0) is 4.79 Å². The molecule has 0 aliphatic rings. The Kier molecular flexibility index (Phi) is 5.54. The largest absolute Gasteiger partial charge is 0.343 e. The Hall–Kier alpha value is -3.48. The van der Waals surface area contributed by atoms with Crippen molar-refractivity contribution < 1.29 is 14.1 Å². The summed E-state index contributed by atoms with van der Waals surface area (Å²) >= 11 is 0. The lowest BCUT2D eigenvalue weighted by molar-refractivity contribution is -0.115. The summed E-state index contributed by atoms with van der Waals surface area (Å²) in [7, 11) is 0. The van der Waals surface area contributed by atoms with Crippen molar-refractivity contribution in [2.45, 2.75) is 27.7 Å². The number of carbonyl (C=O) groups excluding carboxylic acids is 2. The van der Waals surface area contributed by atoms with Crippen LogP contribution in [-0.4, -0.2) is 28.5 Å². The predicted molar refractivity (Wildman–Crippen MR) is 106 cm³/mol. The lowest BCUT2D eigenvalue weighted by Crippen LogP contribution is -2.33. The van der Waals surface area contributed by atoms with Gasteiger partial charge >= 0.3 is 0 Å². The van der Waals surface area contributed by atoms with Crippen LogP contribution in [0.2, 0.25) is 0 Å². The Morgan fingerprint density at radius 3 is 2.21 bits per heavy atom. The smallest absolute Gasteiger partial charge is 0.257 e. The zero-order valence-corrected chi connectivity index (χ0v) is 16.3. The molecule has 1 aromatic heterocycles. The first-order valence-electron chi connectivity index (χ1n) is 8.90. The summed E-state index contributed by atoms with van der Waals surface area (Å²) in [5.74, 6) is 0.330. The Bertz CT molecular complexity index is 999. The topological polar surface area (TPSA) is 97.1 Å². The van der Waals surface area contributed by atoms with Crippen LogP contribution in [0.3, 0.4) is 0 Å². The van der Waals surface area contributed by atoms with Crippen LogP contribution in [0.25, 0.3) is 11.5 Å². The maximum absolute atomic E-state index is 12.3. The molecule has 0 saturated carbocycles. The van der Waals surface area contributed by atoms with Crippen LogP contribution in [0, 0.1) is 27.7 Å². The molecule has 144 valence electrons. The van der Waals surface area contributed by atoms with E-state index in [1.165, 1.54) is 0 Å². The number of nitrogens with one attached hydrogen (secondary N) is 2. The summed E-state index contributed by atoms with van der Waals surface area (Å²) < 4.78 is 5.10. The van der Waals surface area contributed by atoms with Crippen molar-refractivity contribution in [3.63, 3.8) is 0 Å². The van der Waals surface area contributed by atoms with E-state index in [1.54, 1.807) is 31.2 Å². The second-order valence-corrected chi connectivity index (χ2v) is 6.73. The average Bonchev–Trinajstić information content (AvgIpc) is 3.09. The molecule has 2 aromatic carbocycles. The molecule has 2 N–H and O–H groups in total. The molecule has 1 heterocycles. The van der Waals surface area contributed by atoms with E-state index in [2.05, 4.69) is 20.8 Å². The van der Waals surface area contributed by atoms with E-state index < -0.39 is 0 Å². The molecular weight excluding hydrogens is 356 g/mol. The molecule has 3 rings (SSSR count). The Morgan fingerprint density at radius 1 is 1.00 bits per heavy atom. The van der Waals surface area contributed by atoms with E-state index in [1.807, 2.05) is 32.9 Å². The van der Waals surface area contributed by atoms with E-state index in [-0.39, 0.29) is 18.4 Å². The highest BCUT2D eigenvalue weighted by Crippen LogP contribution is 2.21. The first-order valence-corrected chi connectivity index (χ1v) is 8.90. The molecule has 0 radical (unpaired) electrons. The highest BCUT2D eigenvalue weighted by atomic mass is 16.5. The predicted octanol–water partition coefficient (Wildman–Crippen LogP) is 3.34. The third-order valence-electron chi connectivity index (χ3n) is 4.27. The lowest BCUT2D eigenvalue weighted by atomic mass is 10.1. The van der Waals surface area contributed by atoms with E-state index in [9.17, 15) is 9.59 Å². The van der Waals surface area contributed by atoms with E-state index in [0.29, 0.717) is 17.3 Å². The van der Waals surface area contributed by atoms with Crippen molar-refractivity contribution in [1.82, 2.24) is 15.5 Å². The molecule has 0 fully saturated rings. The third kappa shape index (κ3) is 4.43. The van der Waals surface area contributed by atoms with Crippen molar-refractivity contribution in [3.8, 4) is 11.5 Å². The van der Waals surface area contributed by atoms with Gasteiger partial charge in [-0.3, -0.25) is 9.59 Å². The molecule has 0 spiro atoms. The molecule has 2 amide bonds. The van der Waals surface area contributed by atoms with Crippen LogP contribution in [0.4, 0.5) is 5.69 Å². The minimum absolute atomic E-state index is 0.115. The Balaban J connectivity index is 1.58. The Morgan fingerprint density at radius 2 is 1.64 bits per heavy atom. The molecule has 3 aromatic rings. The molecule has 0 unspecified atom stereocenters. The van der Waals surface area contributed by atoms with Gasteiger partial charge < -0.3 is 15.2 Å². The van der Waals surface area contributed by atoms with Gasteiger partial charge in [0.25, 0.3) is 11.8 Å². The first kappa shape index (κ1) is 19.3. The summed E-state index contributed by atoms with van der Waals surface area (Å²) in [4.78, 5) is 28.7. The molecule has 28 heavy (non-hydrogen) atoms. The number of aromatic nitrogens is 2. The summed E-state index contributed by atoms with van der Waals surface area (Å²) in [5, 5.41) is 9.24. The van der Waals surface area contributed by atoms with Gasteiger partial charge in [-0.05, 0) is 63.1 Å². The van der Waals surface area contributed by atoms with Crippen LogP contribution in [0.15, 0.2) is 40.9 Å². The van der Waals surface area contributed by atoms with Gasteiger partial charge in [-0.2, -0.15) is 4.98 Å². The van der Waals surface area contributed by atoms with Gasteiger partial charge in [0.2, 0.25) is 5.91 Å². The van der Waals surface area contributed by atoms with Crippen molar-refractivity contribution in [2.75, 3.05) is 11.9 Å². The van der Waals surface area contributed by atoms with Crippen LogP contribution in [0.1, 0.15) is 32.9 Å². The molecular formula is C21H22N4O3. The Labute approximate surface area is 163 Å². The standard InChI is InChI=1S/C21H22N4O3/c1-12-9-13(2)19(14(3)10-12)24-18(26)11-22-20(27)16-5-7-17(8-6-16)21-23-15(4)25-28-21/h5-10H,11H2,1-4H3,(H,22,27)(H,24,26). The van der Waals surface area contributed by atoms with Gasteiger partial charge in [0, 0.05) is 16.8 Å². The number of benzene rings is 2. The van der Waals surface area contributed by atoms with Crippen molar-refractivity contribution in [2.24, 2.45) is 0 Å². The molecule has 0 aliphatic carbocycles. The van der Waals surface area contributed by atoms with Crippen LogP contribution in [0.5, 0.6) is 0 Å². The van der Waals surface area contributed by atoms with E-state index in [0.717, 1.165) is 27.9 Å². The molecule has 0 aliphatic heterocycles. The number of nitrogens with zero attached hydrogens (tertiary/aromatic N) is 2. The number of hydrogen-bond acceptors (Lipinski definition) is 5. The number of carbonyl (C=O) groups is 2.